The molecule has 1 heterocycles. The maximum atomic E-state index is 5.36. The van der Waals surface area contributed by atoms with E-state index in [-0.39, 0.29) is 0 Å². The van der Waals surface area contributed by atoms with Gasteiger partial charge >= 0.3 is 0 Å². The maximum Gasteiger partial charge on any atom is 0.148 e. The van der Waals surface area contributed by atoms with Crippen LogP contribution in [0.4, 0.5) is 11.6 Å². The average molecular weight is 237 g/mol. The van der Waals surface area contributed by atoms with Crippen molar-refractivity contribution in [3.63, 3.8) is 0 Å². The second kappa shape index (κ2) is 7.06. The predicted molar refractivity (Wildman–Crippen MR) is 71.8 cm³/mol. The smallest absolute Gasteiger partial charge is 0.148 e. The lowest BCUT2D eigenvalue weighted by Gasteiger charge is -2.11. The van der Waals surface area contributed by atoms with Crippen molar-refractivity contribution >= 4 is 11.6 Å². The lowest BCUT2D eigenvalue weighted by Crippen LogP contribution is -2.13. The number of nitrogens with zero attached hydrogens (tertiary/aromatic N) is 2. The zero-order valence-corrected chi connectivity index (χ0v) is 11.0. The first kappa shape index (κ1) is 13.7. The largest absolute Gasteiger partial charge is 0.370 e. The molecule has 0 aliphatic carbocycles. The van der Waals surface area contributed by atoms with Gasteiger partial charge in [-0.1, -0.05) is 26.7 Å². The van der Waals surface area contributed by atoms with Gasteiger partial charge in [-0.05, 0) is 19.3 Å². The molecule has 17 heavy (non-hydrogen) atoms. The first-order chi connectivity index (χ1) is 8.15. The quantitative estimate of drug-likeness (QED) is 0.385. The fraction of sp³-hybridized carbons (Fsp3) is 0.667. The van der Waals surface area contributed by atoms with Gasteiger partial charge in [-0.15, -0.1) is 0 Å². The second-order valence-electron chi connectivity index (χ2n) is 4.66. The highest BCUT2D eigenvalue weighted by atomic mass is 15.3. The van der Waals surface area contributed by atoms with Gasteiger partial charge in [-0.25, -0.2) is 15.8 Å². The summed E-state index contributed by atoms with van der Waals surface area (Å²) in [6.45, 7) is 7.39. The zero-order valence-electron chi connectivity index (χ0n) is 11.0. The molecule has 0 bridgehead atoms. The van der Waals surface area contributed by atoms with Crippen LogP contribution in [-0.2, 0) is 0 Å². The Balaban J connectivity index is 2.36. The molecule has 1 rings (SSSR count). The van der Waals surface area contributed by atoms with Crippen LogP contribution in [0.3, 0.4) is 0 Å². The molecule has 0 aliphatic rings. The summed E-state index contributed by atoms with van der Waals surface area (Å²) in [5.41, 5.74) is 3.52. The highest BCUT2D eigenvalue weighted by Gasteiger charge is 2.04. The number of nitrogens with two attached hydrogens (primary N) is 1. The van der Waals surface area contributed by atoms with Gasteiger partial charge in [-0.2, -0.15) is 0 Å². The van der Waals surface area contributed by atoms with Gasteiger partial charge in [0.05, 0.1) is 0 Å². The summed E-state index contributed by atoms with van der Waals surface area (Å²) in [6.07, 6.45) is 5.20. The number of hydrogen-bond donors (Lipinski definition) is 3. The van der Waals surface area contributed by atoms with E-state index >= 15 is 0 Å². The van der Waals surface area contributed by atoms with E-state index in [1.807, 2.05) is 6.92 Å². The van der Waals surface area contributed by atoms with Crippen molar-refractivity contribution in [3.8, 4) is 0 Å². The molecule has 0 saturated heterocycles. The molecule has 1 aromatic rings. The van der Waals surface area contributed by atoms with Crippen LogP contribution in [0.2, 0.25) is 0 Å². The molecule has 0 aromatic carbocycles. The van der Waals surface area contributed by atoms with Gasteiger partial charge in [0.2, 0.25) is 0 Å². The van der Waals surface area contributed by atoms with E-state index in [2.05, 4.69) is 34.6 Å². The first-order valence-electron chi connectivity index (χ1n) is 6.17. The van der Waals surface area contributed by atoms with E-state index in [4.69, 9.17) is 5.84 Å². The highest BCUT2D eigenvalue weighted by molar-refractivity contribution is 5.55. The molecule has 0 radical (unpaired) electrons. The number of aromatic nitrogens is 2. The average Bonchev–Trinajstić information content (AvgIpc) is 2.30. The van der Waals surface area contributed by atoms with Gasteiger partial charge in [0.1, 0.15) is 18.0 Å². The Morgan fingerprint density at radius 3 is 2.59 bits per heavy atom. The summed E-state index contributed by atoms with van der Waals surface area (Å²) in [7, 11) is 0. The van der Waals surface area contributed by atoms with Gasteiger partial charge in [0.15, 0.2) is 0 Å². The van der Waals surface area contributed by atoms with Crippen LogP contribution in [0, 0.1) is 12.8 Å². The monoisotopic (exact) mass is 237 g/mol. The van der Waals surface area contributed by atoms with Crippen molar-refractivity contribution in [1.82, 2.24) is 9.97 Å². The predicted octanol–water partition coefficient (Wildman–Crippen LogP) is 2.31. The van der Waals surface area contributed by atoms with E-state index in [1.54, 1.807) is 0 Å². The van der Waals surface area contributed by atoms with E-state index in [0.717, 1.165) is 30.3 Å². The third-order valence-electron chi connectivity index (χ3n) is 2.72. The van der Waals surface area contributed by atoms with Crippen molar-refractivity contribution in [2.75, 3.05) is 17.3 Å². The molecule has 0 saturated carbocycles. The molecule has 1 aromatic heterocycles. The van der Waals surface area contributed by atoms with Gasteiger partial charge in [0.25, 0.3) is 0 Å². The topological polar surface area (TPSA) is 75.9 Å². The van der Waals surface area contributed by atoms with E-state index in [0.29, 0.717) is 5.82 Å². The fourth-order valence-electron chi connectivity index (χ4n) is 1.66. The molecule has 0 aliphatic heterocycles. The summed E-state index contributed by atoms with van der Waals surface area (Å²) in [5, 5.41) is 3.31. The van der Waals surface area contributed by atoms with Gasteiger partial charge < -0.3 is 10.7 Å². The Morgan fingerprint density at radius 1 is 1.24 bits per heavy atom. The Kier molecular flexibility index (Phi) is 5.69. The summed E-state index contributed by atoms with van der Waals surface area (Å²) < 4.78 is 0. The number of nitrogens with one attached hydrogen (secondary N) is 2. The maximum absolute atomic E-state index is 5.36. The summed E-state index contributed by atoms with van der Waals surface area (Å²) in [4.78, 5) is 8.24. The molecule has 96 valence electrons. The van der Waals surface area contributed by atoms with Crippen molar-refractivity contribution in [2.24, 2.45) is 11.8 Å². The Hall–Kier alpha value is -1.36. The lowest BCUT2D eigenvalue weighted by atomic mass is 10.1. The molecule has 0 atom stereocenters. The fourth-order valence-corrected chi connectivity index (χ4v) is 1.66. The molecule has 4 N–H and O–H groups in total. The van der Waals surface area contributed by atoms with Crippen LogP contribution < -0.4 is 16.6 Å². The SMILES string of the molecule is Cc1c(NN)ncnc1NCCCCC(C)C. The number of rotatable bonds is 7. The molecular weight excluding hydrogens is 214 g/mol. The highest BCUT2D eigenvalue weighted by Crippen LogP contribution is 2.17. The Bertz CT molecular complexity index is 338. The Morgan fingerprint density at radius 2 is 1.94 bits per heavy atom. The molecular formula is C12H23N5. The van der Waals surface area contributed by atoms with E-state index in [1.165, 1.54) is 19.2 Å². The van der Waals surface area contributed by atoms with E-state index < -0.39 is 0 Å². The third kappa shape index (κ3) is 4.56. The number of nitrogen functional groups attached to an aromatic ring is 1. The summed E-state index contributed by atoms with van der Waals surface area (Å²) in [6, 6.07) is 0. The molecule has 0 fully saturated rings. The zero-order chi connectivity index (χ0) is 12.7. The minimum Gasteiger partial charge on any atom is -0.370 e. The van der Waals surface area contributed by atoms with Crippen LogP contribution in [0.1, 0.15) is 38.7 Å². The normalized spacial score (nSPS) is 10.6. The Labute approximate surface area is 103 Å². The lowest BCUT2D eigenvalue weighted by molar-refractivity contribution is 0.544. The number of anilines is 2. The summed E-state index contributed by atoms with van der Waals surface area (Å²) in [5.74, 6) is 7.67. The second-order valence-corrected chi connectivity index (χ2v) is 4.66. The van der Waals surface area contributed by atoms with Crippen molar-refractivity contribution in [2.45, 2.75) is 40.0 Å². The van der Waals surface area contributed by atoms with Crippen LogP contribution in [-0.4, -0.2) is 16.5 Å². The third-order valence-corrected chi connectivity index (χ3v) is 2.72. The molecule has 0 spiro atoms. The summed E-state index contributed by atoms with van der Waals surface area (Å²) >= 11 is 0. The van der Waals surface area contributed by atoms with Gasteiger partial charge in [-0.3, -0.25) is 0 Å². The first-order valence-corrected chi connectivity index (χ1v) is 6.17. The van der Waals surface area contributed by atoms with Crippen LogP contribution in [0.15, 0.2) is 6.33 Å². The van der Waals surface area contributed by atoms with Crippen LogP contribution in [0.25, 0.3) is 0 Å². The van der Waals surface area contributed by atoms with E-state index in [9.17, 15) is 0 Å². The standard InChI is InChI=1S/C12H23N5/c1-9(2)6-4-5-7-14-11-10(3)12(17-13)16-8-15-11/h8-9H,4-7,13H2,1-3H3,(H2,14,15,16,17). The van der Waals surface area contributed by atoms with Crippen LogP contribution >= 0.6 is 0 Å². The molecule has 0 amide bonds. The van der Waals surface area contributed by atoms with Crippen molar-refractivity contribution in [1.29, 1.82) is 0 Å². The molecule has 5 nitrogen and oxygen atoms in total. The molecule has 0 unspecified atom stereocenters. The number of hydrazine groups is 1. The van der Waals surface area contributed by atoms with Crippen molar-refractivity contribution in [3.05, 3.63) is 11.9 Å². The number of unbranched alkanes of at least 4 members (excludes halogenated alkanes) is 1. The molecule has 5 heteroatoms. The van der Waals surface area contributed by atoms with Crippen molar-refractivity contribution < 1.29 is 0 Å². The van der Waals surface area contributed by atoms with Gasteiger partial charge in [0, 0.05) is 12.1 Å². The van der Waals surface area contributed by atoms with Crippen LogP contribution in [0.5, 0.6) is 0 Å². The minimum absolute atomic E-state index is 0.671. The number of hydrogen-bond acceptors (Lipinski definition) is 5. The minimum atomic E-state index is 0.671.